The summed E-state index contributed by atoms with van der Waals surface area (Å²) >= 11 is 0. The highest BCUT2D eigenvalue weighted by Crippen LogP contribution is 2.42. The number of hydrogen-bond donors (Lipinski definition) is 0. The van der Waals surface area contributed by atoms with Gasteiger partial charge < -0.3 is 13.9 Å². The minimum absolute atomic E-state index is 0.886. The average Bonchev–Trinajstić information content (AvgIpc) is 3.99. The van der Waals surface area contributed by atoms with Crippen molar-refractivity contribution in [2.75, 3.05) is 4.90 Å². The first-order chi connectivity index (χ1) is 35.2. The number of aromatic nitrogens is 1. The summed E-state index contributed by atoms with van der Waals surface area (Å²) in [5, 5.41) is 9.76. The first-order valence-electron chi connectivity index (χ1n) is 24.3. The van der Waals surface area contributed by atoms with E-state index in [0.29, 0.717) is 0 Å². The van der Waals surface area contributed by atoms with Crippen LogP contribution in [0.2, 0.25) is 0 Å². The third-order valence-electron chi connectivity index (χ3n) is 14.4. The van der Waals surface area contributed by atoms with E-state index in [1.165, 1.54) is 60.0 Å². The third-order valence-corrected chi connectivity index (χ3v) is 14.4. The summed E-state index contributed by atoms with van der Waals surface area (Å²) in [5.41, 5.74) is 17.8. The van der Waals surface area contributed by atoms with Crippen LogP contribution in [-0.2, 0) is 0 Å². The van der Waals surface area contributed by atoms with E-state index >= 15 is 0 Å². The molecule has 0 aliphatic rings. The van der Waals surface area contributed by atoms with Crippen LogP contribution >= 0.6 is 0 Å². The van der Waals surface area contributed by atoms with Gasteiger partial charge in [-0.1, -0.05) is 188 Å². The molecule has 0 saturated heterocycles. The maximum Gasteiger partial charge on any atom is 0.143 e. The molecule has 332 valence electrons. The molecular formula is C68H44N2O. The normalized spacial score (nSPS) is 11.7. The number of fused-ring (bicyclic) bond motifs is 9. The highest BCUT2D eigenvalue weighted by Gasteiger charge is 2.18. The lowest BCUT2D eigenvalue weighted by atomic mass is 9.93. The monoisotopic (exact) mass is 904 g/mol. The fourth-order valence-corrected chi connectivity index (χ4v) is 11.0. The van der Waals surface area contributed by atoms with Crippen LogP contribution in [0.5, 0.6) is 0 Å². The van der Waals surface area contributed by atoms with Gasteiger partial charge in [-0.05, 0) is 139 Å². The molecule has 0 saturated carbocycles. The molecule has 2 aromatic heterocycles. The lowest BCUT2D eigenvalue weighted by Gasteiger charge is -2.26. The minimum Gasteiger partial charge on any atom is -0.455 e. The van der Waals surface area contributed by atoms with Crippen LogP contribution in [-0.4, -0.2) is 4.57 Å². The SMILES string of the molecule is c1ccc(-c2cccc3c2oc2ccc(-c4ccc(N(c5ccc(-c6ccc7c8ccccc8n(-c8ccccc8)c7c6)cc5)c5ccc(-c6cc7ccccc7c7ccccc67)cc5)cc4)cc23)cc1. The molecule has 0 aliphatic heterocycles. The van der Waals surface area contributed by atoms with Gasteiger partial charge in [-0.15, -0.1) is 0 Å². The first kappa shape index (κ1) is 40.6. The van der Waals surface area contributed by atoms with E-state index in [-0.39, 0.29) is 0 Å². The predicted octanol–water partition coefficient (Wildman–Crippen LogP) is 19.1. The van der Waals surface area contributed by atoms with E-state index in [4.69, 9.17) is 4.42 Å². The van der Waals surface area contributed by atoms with Crippen molar-refractivity contribution in [3.63, 3.8) is 0 Å². The van der Waals surface area contributed by atoms with Crippen molar-refractivity contribution in [1.82, 2.24) is 4.57 Å². The number of hydrogen-bond acceptors (Lipinski definition) is 2. The zero-order chi connectivity index (χ0) is 46.8. The molecule has 12 aromatic carbocycles. The van der Waals surface area contributed by atoms with E-state index < -0.39 is 0 Å². The number of nitrogens with zero attached hydrogens (tertiary/aromatic N) is 2. The molecule has 3 nitrogen and oxygen atoms in total. The second-order valence-corrected chi connectivity index (χ2v) is 18.4. The Morgan fingerprint density at radius 1 is 0.282 bits per heavy atom. The van der Waals surface area contributed by atoms with Crippen LogP contribution < -0.4 is 4.90 Å². The Hall–Kier alpha value is -9.44. The van der Waals surface area contributed by atoms with Crippen LogP contribution in [0, 0.1) is 0 Å². The minimum atomic E-state index is 0.886. The fraction of sp³-hybridized carbons (Fsp3) is 0. The highest BCUT2D eigenvalue weighted by atomic mass is 16.3. The Kier molecular flexibility index (Phi) is 9.53. The lowest BCUT2D eigenvalue weighted by Crippen LogP contribution is -2.09. The summed E-state index contributed by atoms with van der Waals surface area (Å²) in [4.78, 5) is 2.37. The van der Waals surface area contributed by atoms with Crippen molar-refractivity contribution in [1.29, 1.82) is 0 Å². The van der Waals surface area contributed by atoms with Crippen LogP contribution in [0.25, 0.3) is 115 Å². The maximum atomic E-state index is 6.54. The van der Waals surface area contributed by atoms with Crippen molar-refractivity contribution in [3.8, 4) is 50.2 Å². The largest absolute Gasteiger partial charge is 0.455 e. The summed E-state index contributed by atoms with van der Waals surface area (Å²) in [6.07, 6.45) is 0. The molecule has 0 unspecified atom stereocenters. The van der Waals surface area contributed by atoms with Crippen LogP contribution in [0.15, 0.2) is 271 Å². The van der Waals surface area contributed by atoms with Crippen molar-refractivity contribution in [2.45, 2.75) is 0 Å². The number of benzene rings is 12. The second kappa shape index (κ2) is 16.7. The van der Waals surface area contributed by atoms with Gasteiger partial charge in [0.1, 0.15) is 11.2 Å². The molecule has 3 heteroatoms. The molecule has 14 aromatic rings. The summed E-state index contributed by atoms with van der Waals surface area (Å²) in [6.45, 7) is 0. The predicted molar refractivity (Wildman–Crippen MR) is 299 cm³/mol. The van der Waals surface area contributed by atoms with E-state index in [1.54, 1.807) is 0 Å². The molecule has 0 bridgehead atoms. The Balaban J connectivity index is 0.855. The molecule has 0 N–H and O–H groups in total. The fourth-order valence-electron chi connectivity index (χ4n) is 11.0. The molecule has 0 spiro atoms. The number of rotatable bonds is 8. The summed E-state index contributed by atoms with van der Waals surface area (Å²) < 4.78 is 8.92. The Bertz CT molecular complexity index is 4300. The van der Waals surface area contributed by atoms with Gasteiger partial charge >= 0.3 is 0 Å². The van der Waals surface area contributed by atoms with E-state index in [0.717, 1.165) is 72.5 Å². The van der Waals surface area contributed by atoms with Gasteiger partial charge in [-0.25, -0.2) is 0 Å². The van der Waals surface area contributed by atoms with Gasteiger partial charge in [0, 0.05) is 49.9 Å². The molecule has 14 rings (SSSR count). The number of para-hydroxylation sites is 3. The van der Waals surface area contributed by atoms with Gasteiger partial charge in [-0.2, -0.15) is 0 Å². The van der Waals surface area contributed by atoms with E-state index in [1.807, 2.05) is 6.07 Å². The molecule has 0 fully saturated rings. The van der Waals surface area contributed by atoms with Gasteiger partial charge in [0.15, 0.2) is 0 Å². The van der Waals surface area contributed by atoms with Crippen molar-refractivity contribution in [2.24, 2.45) is 0 Å². The molecule has 0 amide bonds. The zero-order valence-electron chi connectivity index (χ0n) is 38.7. The van der Waals surface area contributed by atoms with E-state index in [2.05, 4.69) is 270 Å². The molecule has 71 heavy (non-hydrogen) atoms. The van der Waals surface area contributed by atoms with Crippen LogP contribution in [0.1, 0.15) is 0 Å². The van der Waals surface area contributed by atoms with Gasteiger partial charge in [-0.3, -0.25) is 0 Å². The second-order valence-electron chi connectivity index (χ2n) is 18.4. The van der Waals surface area contributed by atoms with Crippen molar-refractivity contribution < 1.29 is 4.42 Å². The molecule has 0 atom stereocenters. The van der Waals surface area contributed by atoms with Gasteiger partial charge in [0.2, 0.25) is 0 Å². The summed E-state index contributed by atoms with van der Waals surface area (Å²) in [6, 6.07) is 96.6. The van der Waals surface area contributed by atoms with E-state index in [9.17, 15) is 0 Å². The molecule has 0 radical (unpaired) electrons. The zero-order valence-corrected chi connectivity index (χ0v) is 38.7. The summed E-state index contributed by atoms with van der Waals surface area (Å²) in [5.74, 6) is 0. The smallest absolute Gasteiger partial charge is 0.143 e. The first-order valence-corrected chi connectivity index (χ1v) is 24.3. The average molecular weight is 905 g/mol. The quantitative estimate of drug-likeness (QED) is 0.142. The van der Waals surface area contributed by atoms with Crippen LogP contribution in [0.3, 0.4) is 0 Å². The molecule has 2 heterocycles. The van der Waals surface area contributed by atoms with Crippen molar-refractivity contribution >= 4 is 82.4 Å². The number of furan rings is 1. The maximum absolute atomic E-state index is 6.54. The molecule has 0 aliphatic carbocycles. The topological polar surface area (TPSA) is 21.3 Å². The Labute approximate surface area is 411 Å². The standard InChI is InChI=1S/C68H44N2O/c1-3-14-47(15-4-1)57-23-13-24-62-64-42-49(33-41-67(64)71-68(57)62)45-26-34-53(35-27-45)69(55-38-30-48(31-39-55)63-43-51-16-7-8-19-56(51)58-20-9-10-21-59(58)63)54-36-28-46(29-37-54)50-32-40-61-60-22-11-12-25-65(60)70(66(61)44-50)52-17-5-2-6-18-52/h1-44H. The van der Waals surface area contributed by atoms with Gasteiger partial charge in [0.05, 0.1) is 11.0 Å². The van der Waals surface area contributed by atoms with Gasteiger partial charge in [0.25, 0.3) is 0 Å². The van der Waals surface area contributed by atoms with Crippen molar-refractivity contribution in [3.05, 3.63) is 267 Å². The highest BCUT2D eigenvalue weighted by molar-refractivity contribution is 6.14. The van der Waals surface area contributed by atoms with Crippen LogP contribution in [0.4, 0.5) is 17.1 Å². The third kappa shape index (κ3) is 6.89. The summed E-state index contributed by atoms with van der Waals surface area (Å²) in [7, 11) is 0. The lowest BCUT2D eigenvalue weighted by molar-refractivity contribution is 0.670. The molecular weight excluding hydrogens is 861 g/mol. The Morgan fingerprint density at radius 3 is 1.52 bits per heavy atom. The number of anilines is 3. The Morgan fingerprint density at radius 2 is 0.803 bits per heavy atom.